The average Bonchev–Trinajstić information content (AvgIpc) is 2.24. The van der Waals surface area contributed by atoms with Gasteiger partial charge in [0, 0.05) is 6.04 Å². The van der Waals surface area contributed by atoms with E-state index in [1.54, 1.807) is 6.07 Å². The van der Waals surface area contributed by atoms with Crippen molar-refractivity contribution in [3.05, 3.63) is 34.3 Å². The molecule has 0 aromatic heterocycles. The Bertz CT molecular complexity index is 380. The van der Waals surface area contributed by atoms with Gasteiger partial charge < -0.3 is 5.73 Å². The average molecular weight is 302 g/mol. The highest BCUT2D eigenvalue weighted by molar-refractivity contribution is 6.32. The molecule has 1 aromatic rings. The molecular formula is C12H16Cl2F3N. The van der Waals surface area contributed by atoms with Crippen LogP contribution in [0.5, 0.6) is 0 Å². The van der Waals surface area contributed by atoms with Gasteiger partial charge in [0.15, 0.2) is 0 Å². The van der Waals surface area contributed by atoms with E-state index in [1.807, 2.05) is 6.92 Å². The fraction of sp³-hybridized carbons (Fsp3) is 0.500. The van der Waals surface area contributed by atoms with Gasteiger partial charge in [0.25, 0.3) is 0 Å². The van der Waals surface area contributed by atoms with Gasteiger partial charge >= 0.3 is 6.18 Å². The van der Waals surface area contributed by atoms with Gasteiger partial charge in [-0.1, -0.05) is 43.5 Å². The van der Waals surface area contributed by atoms with Crippen molar-refractivity contribution < 1.29 is 13.2 Å². The summed E-state index contributed by atoms with van der Waals surface area (Å²) in [7, 11) is 0. The van der Waals surface area contributed by atoms with Gasteiger partial charge in [-0.3, -0.25) is 0 Å². The van der Waals surface area contributed by atoms with Gasteiger partial charge in [0.2, 0.25) is 0 Å². The molecule has 1 atom stereocenters. The normalized spacial score (nSPS) is 13.0. The number of rotatable bonds is 4. The predicted molar refractivity (Wildman–Crippen MR) is 70.2 cm³/mol. The summed E-state index contributed by atoms with van der Waals surface area (Å²) in [5.41, 5.74) is 5.40. The molecule has 0 amide bonds. The number of hydrogen-bond donors (Lipinski definition) is 1. The van der Waals surface area contributed by atoms with E-state index >= 15 is 0 Å². The summed E-state index contributed by atoms with van der Waals surface area (Å²) in [4.78, 5) is 0. The molecule has 18 heavy (non-hydrogen) atoms. The first kappa shape index (κ1) is 17.6. The Kier molecular flexibility index (Phi) is 7.04. The summed E-state index contributed by atoms with van der Waals surface area (Å²) in [6.45, 7) is 2.00. The van der Waals surface area contributed by atoms with Crippen LogP contribution in [-0.2, 0) is 6.18 Å². The van der Waals surface area contributed by atoms with Crippen LogP contribution in [0.4, 0.5) is 13.2 Å². The molecule has 0 fully saturated rings. The summed E-state index contributed by atoms with van der Waals surface area (Å²) in [5, 5.41) is -0.274. The molecule has 0 bridgehead atoms. The Balaban J connectivity index is 0.00000289. The van der Waals surface area contributed by atoms with Crippen molar-refractivity contribution in [1.29, 1.82) is 0 Å². The van der Waals surface area contributed by atoms with Gasteiger partial charge in [-0.25, -0.2) is 0 Å². The van der Waals surface area contributed by atoms with E-state index in [9.17, 15) is 13.2 Å². The van der Waals surface area contributed by atoms with Crippen molar-refractivity contribution in [1.82, 2.24) is 0 Å². The molecule has 6 heteroatoms. The highest BCUT2D eigenvalue weighted by Crippen LogP contribution is 2.38. The maximum atomic E-state index is 12.6. The molecule has 0 spiro atoms. The van der Waals surface area contributed by atoms with Gasteiger partial charge in [0.05, 0.1) is 10.6 Å². The Morgan fingerprint density at radius 1 is 1.33 bits per heavy atom. The Hall–Kier alpha value is -0.450. The highest BCUT2D eigenvalue weighted by Gasteiger charge is 2.34. The standard InChI is InChI=1S/C12H15ClF3N.ClH/c1-2-3-7-10(17)8-5-4-6-9(11(8)13)12(14,15)16;/h4-6,10H,2-3,7,17H2,1H3;1H/t10-;/m1./s1. The lowest BCUT2D eigenvalue weighted by molar-refractivity contribution is -0.137. The second-order valence-corrected chi connectivity index (χ2v) is 4.33. The van der Waals surface area contributed by atoms with E-state index in [4.69, 9.17) is 17.3 Å². The molecule has 0 radical (unpaired) electrons. The third-order valence-electron chi connectivity index (χ3n) is 2.60. The minimum absolute atomic E-state index is 0. The van der Waals surface area contributed by atoms with E-state index in [0.29, 0.717) is 12.0 Å². The van der Waals surface area contributed by atoms with Crippen LogP contribution in [0.15, 0.2) is 18.2 Å². The topological polar surface area (TPSA) is 26.0 Å². The molecular weight excluding hydrogens is 286 g/mol. The fourth-order valence-electron chi connectivity index (χ4n) is 1.63. The molecule has 1 aromatic carbocycles. The number of alkyl halides is 3. The van der Waals surface area contributed by atoms with E-state index in [0.717, 1.165) is 18.9 Å². The lowest BCUT2D eigenvalue weighted by Crippen LogP contribution is -2.14. The summed E-state index contributed by atoms with van der Waals surface area (Å²) in [6, 6.07) is 3.43. The van der Waals surface area contributed by atoms with Crippen molar-refractivity contribution >= 4 is 24.0 Å². The zero-order valence-corrected chi connectivity index (χ0v) is 11.5. The van der Waals surface area contributed by atoms with Crippen LogP contribution in [0.3, 0.4) is 0 Å². The zero-order valence-electron chi connectivity index (χ0n) is 9.93. The number of unbranched alkanes of at least 4 members (excludes halogenated alkanes) is 1. The van der Waals surface area contributed by atoms with Gasteiger partial charge in [-0.05, 0) is 18.1 Å². The molecule has 2 N–H and O–H groups in total. The minimum Gasteiger partial charge on any atom is -0.324 e. The number of benzene rings is 1. The van der Waals surface area contributed by atoms with Crippen LogP contribution < -0.4 is 5.73 Å². The molecule has 104 valence electrons. The van der Waals surface area contributed by atoms with E-state index in [-0.39, 0.29) is 17.4 Å². The van der Waals surface area contributed by atoms with Crippen LogP contribution in [-0.4, -0.2) is 0 Å². The SMILES string of the molecule is CCCC[C@@H](N)c1cccc(C(F)(F)F)c1Cl.Cl. The smallest absolute Gasteiger partial charge is 0.324 e. The quantitative estimate of drug-likeness (QED) is 0.835. The Morgan fingerprint density at radius 3 is 2.44 bits per heavy atom. The first-order valence-electron chi connectivity index (χ1n) is 5.49. The van der Waals surface area contributed by atoms with Gasteiger partial charge in [-0.2, -0.15) is 13.2 Å². The second kappa shape index (κ2) is 7.22. The van der Waals surface area contributed by atoms with E-state index in [1.165, 1.54) is 6.07 Å². The Labute approximate surface area is 116 Å². The predicted octanol–water partition coefficient (Wildman–Crippen LogP) is 4.97. The first-order chi connectivity index (χ1) is 7.88. The van der Waals surface area contributed by atoms with Crippen molar-refractivity contribution in [2.45, 2.75) is 38.4 Å². The molecule has 0 unspecified atom stereocenters. The molecule has 0 saturated carbocycles. The van der Waals surface area contributed by atoms with Crippen molar-refractivity contribution in [3.63, 3.8) is 0 Å². The molecule has 1 rings (SSSR count). The maximum absolute atomic E-state index is 12.6. The maximum Gasteiger partial charge on any atom is 0.417 e. The number of hydrogen-bond acceptors (Lipinski definition) is 1. The summed E-state index contributed by atoms with van der Waals surface area (Å²) in [6.07, 6.45) is -1.98. The minimum atomic E-state index is -4.43. The van der Waals surface area contributed by atoms with E-state index in [2.05, 4.69) is 0 Å². The lowest BCUT2D eigenvalue weighted by atomic mass is 9.99. The largest absolute Gasteiger partial charge is 0.417 e. The summed E-state index contributed by atoms with van der Waals surface area (Å²) < 4.78 is 37.9. The van der Waals surface area contributed by atoms with Crippen LogP contribution >= 0.6 is 24.0 Å². The number of halogens is 5. The summed E-state index contributed by atoms with van der Waals surface area (Å²) in [5.74, 6) is 0. The monoisotopic (exact) mass is 301 g/mol. The zero-order chi connectivity index (χ0) is 13.1. The Morgan fingerprint density at radius 2 is 1.94 bits per heavy atom. The second-order valence-electron chi connectivity index (χ2n) is 3.96. The van der Waals surface area contributed by atoms with Crippen molar-refractivity contribution in [2.24, 2.45) is 5.73 Å². The van der Waals surface area contributed by atoms with Gasteiger partial charge in [0.1, 0.15) is 0 Å². The van der Waals surface area contributed by atoms with E-state index < -0.39 is 17.8 Å². The van der Waals surface area contributed by atoms with Crippen molar-refractivity contribution in [2.75, 3.05) is 0 Å². The first-order valence-corrected chi connectivity index (χ1v) is 5.87. The third kappa shape index (κ3) is 4.34. The third-order valence-corrected chi connectivity index (χ3v) is 3.02. The molecule has 0 aliphatic carbocycles. The van der Waals surface area contributed by atoms with Crippen molar-refractivity contribution in [3.8, 4) is 0 Å². The molecule has 0 heterocycles. The highest BCUT2D eigenvalue weighted by atomic mass is 35.5. The molecule has 0 saturated heterocycles. The lowest BCUT2D eigenvalue weighted by Gasteiger charge is -2.17. The van der Waals surface area contributed by atoms with Crippen LogP contribution in [0.2, 0.25) is 5.02 Å². The fourth-order valence-corrected chi connectivity index (χ4v) is 2.01. The molecule has 1 nitrogen and oxygen atoms in total. The molecule has 0 aliphatic rings. The van der Waals surface area contributed by atoms with Gasteiger partial charge in [-0.15, -0.1) is 12.4 Å². The number of nitrogens with two attached hydrogens (primary N) is 1. The van der Waals surface area contributed by atoms with Crippen LogP contribution in [0.25, 0.3) is 0 Å². The van der Waals surface area contributed by atoms with Crippen LogP contribution in [0, 0.1) is 0 Å². The summed E-state index contributed by atoms with van der Waals surface area (Å²) >= 11 is 5.77. The molecule has 0 aliphatic heterocycles. The van der Waals surface area contributed by atoms with Crippen LogP contribution in [0.1, 0.15) is 43.4 Å².